The largest absolute Gasteiger partial charge is 0.439 e. The van der Waals surface area contributed by atoms with Crippen molar-refractivity contribution >= 4 is 0 Å². The van der Waals surface area contributed by atoms with E-state index in [4.69, 9.17) is 9.26 Å². The standard InChI is InChI=1S/C18H18FN3O3/c1-11(2)15(23)9-17-21-18(22-25-17)12-3-8-16(20-10-12)24-14-6-4-13(19)5-7-14/h3-8,10-11,15,23H,9H2,1-2H3/t15-/m0/s1. The van der Waals surface area contributed by atoms with Crippen molar-refractivity contribution in [3.63, 3.8) is 0 Å². The summed E-state index contributed by atoms with van der Waals surface area (Å²) in [4.78, 5) is 8.45. The molecule has 0 fully saturated rings. The minimum atomic E-state index is -0.530. The van der Waals surface area contributed by atoms with Crippen molar-refractivity contribution in [2.24, 2.45) is 5.92 Å². The van der Waals surface area contributed by atoms with Gasteiger partial charge in [0.05, 0.1) is 12.5 Å². The summed E-state index contributed by atoms with van der Waals surface area (Å²) < 4.78 is 23.6. The zero-order valence-electron chi connectivity index (χ0n) is 13.9. The lowest BCUT2D eigenvalue weighted by Gasteiger charge is -2.10. The van der Waals surface area contributed by atoms with Crippen LogP contribution in [-0.2, 0) is 6.42 Å². The van der Waals surface area contributed by atoms with Gasteiger partial charge in [-0.15, -0.1) is 0 Å². The zero-order chi connectivity index (χ0) is 17.8. The van der Waals surface area contributed by atoms with Crippen molar-refractivity contribution in [3.8, 4) is 23.0 Å². The fourth-order valence-electron chi connectivity index (χ4n) is 2.07. The first-order valence-electron chi connectivity index (χ1n) is 7.92. The third kappa shape index (κ3) is 4.39. The molecule has 0 saturated heterocycles. The molecule has 1 atom stereocenters. The summed E-state index contributed by atoms with van der Waals surface area (Å²) in [5.74, 6) is 1.42. The number of ether oxygens (including phenoxy) is 1. The second-order valence-electron chi connectivity index (χ2n) is 5.97. The quantitative estimate of drug-likeness (QED) is 0.736. The molecule has 0 bridgehead atoms. The molecule has 0 spiro atoms. The summed E-state index contributed by atoms with van der Waals surface area (Å²) in [5, 5.41) is 13.8. The van der Waals surface area contributed by atoms with E-state index in [1.807, 2.05) is 13.8 Å². The molecular formula is C18H18FN3O3. The number of hydrogen-bond acceptors (Lipinski definition) is 6. The van der Waals surface area contributed by atoms with Crippen molar-refractivity contribution in [1.29, 1.82) is 0 Å². The van der Waals surface area contributed by atoms with Crippen molar-refractivity contribution in [1.82, 2.24) is 15.1 Å². The highest BCUT2D eigenvalue weighted by Gasteiger charge is 2.16. The topological polar surface area (TPSA) is 81.3 Å². The molecule has 3 aromatic rings. The van der Waals surface area contributed by atoms with Gasteiger partial charge in [0, 0.05) is 17.8 Å². The number of aliphatic hydroxyl groups is 1. The fourth-order valence-corrected chi connectivity index (χ4v) is 2.07. The SMILES string of the molecule is CC(C)[C@@H](O)Cc1nc(-c2ccc(Oc3ccc(F)cc3)nc2)no1. The lowest BCUT2D eigenvalue weighted by Crippen LogP contribution is -2.17. The third-order valence-corrected chi connectivity index (χ3v) is 3.65. The van der Waals surface area contributed by atoms with Crippen LogP contribution >= 0.6 is 0 Å². The molecule has 0 amide bonds. The smallest absolute Gasteiger partial charge is 0.229 e. The third-order valence-electron chi connectivity index (χ3n) is 3.65. The average Bonchev–Trinajstić information content (AvgIpc) is 3.06. The molecule has 130 valence electrons. The van der Waals surface area contributed by atoms with E-state index in [1.165, 1.54) is 24.3 Å². The Labute approximate surface area is 144 Å². The van der Waals surface area contributed by atoms with Gasteiger partial charge in [0.2, 0.25) is 17.6 Å². The predicted octanol–water partition coefficient (Wildman–Crippen LogP) is 3.62. The molecule has 0 saturated carbocycles. The first-order chi connectivity index (χ1) is 12.0. The fraction of sp³-hybridized carbons (Fsp3) is 0.278. The van der Waals surface area contributed by atoms with E-state index in [-0.39, 0.29) is 11.7 Å². The maximum Gasteiger partial charge on any atom is 0.229 e. The summed E-state index contributed by atoms with van der Waals surface area (Å²) in [6.45, 7) is 3.84. The summed E-state index contributed by atoms with van der Waals surface area (Å²) in [6, 6.07) is 9.09. The summed E-state index contributed by atoms with van der Waals surface area (Å²) in [5.41, 5.74) is 0.667. The molecular weight excluding hydrogens is 325 g/mol. The van der Waals surface area contributed by atoms with Crippen LogP contribution in [0.15, 0.2) is 47.1 Å². The number of rotatable bonds is 6. The Bertz CT molecular complexity index is 816. The Hall–Kier alpha value is -2.80. The van der Waals surface area contributed by atoms with Gasteiger partial charge < -0.3 is 14.4 Å². The Morgan fingerprint density at radius 1 is 1.16 bits per heavy atom. The van der Waals surface area contributed by atoms with Crippen molar-refractivity contribution in [2.45, 2.75) is 26.4 Å². The normalized spacial score (nSPS) is 12.4. The minimum Gasteiger partial charge on any atom is -0.439 e. The molecule has 0 radical (unpaired) electrons. The number of aromatic nitrogens is 3. The van der Waals surface area contributed by atoms with Crippen LogP contribution < -0.4 is 4.74 Å². The lowest BCUT2D eigenvalue weighted by molar-refractivity contribution is 0.116. The van der Waals surface area contributed by atoms with E-state index in [9.17, 15) is 9.50 Å². The number of hydrogen-bond donors (Lipinski definition) is 1. The molecule has 2 aromatic heterocycles. The first-order valence-corrected chi connectivity index (χ1v) is 7.92. The van der Waals surface area contributed by atoms with Crippen LogP contribution in [0.4, 0.5) is 4.39 Å². The Morgan fingerprint density at radius 3 is 2.56 bits per heavy atom. The van der Waals surface area contributed by atoms with Crippen LogP contribution in [0.2, 0.25) is 0 Å². The molecule has 1 N–H and O–H groups in total. The van der Waals surface area contributed by atoms with E-state index in [0.717, 1.165) is 0 Å². The van der Waals surface area contributed by atoms with Crippen LogP contribution in [0.5, 0.6) is 11.6 Å². The summed E-state index contributed by atoms with van der Waals surface area (Å²) in [7, 11) is 0. The number of benzene rings is 1. The highest BCUT2D eigenvalue weighted by atomic mass is 19.1. The molecule has 0 aliphatic heterocycles. The Kier molecular flexibility index (Phi) is 5.04. The zero-order valence-corrected chi connectivity index (χ0v) is 13.9. The average molecular weight is 343 g/mol. The molecule has 7 heteroatoms. The van der Waals surface area contributed by atoms with E-state index in [2.05, 4.69) is 15.1 Å². The molecule has 25 heavy (non-hydrogen) atoms. The van der Waals surface area contributed by atoms with Gasteiger partial charge in [0.15, 0.2) is 0 Å². The van der Waals surface area contributed by atoms with Crippen molar-refractivity contribution < 1.29 is 18.8 Å². The second kappa shape index (κ2) is 7.40. The van der Waals surface area contributed by atoms with Gasteiger partial charge in [-0.05, 0) is 36.2 Å². The molecule has 0 unspecified atom stereocenters. The molecule has 2 heterocycles. The Morgan fingerprint density at radius 2 is 1.92 bits per heavy atom. The van der Waals surface area contributed by atoms with Gasteiger partial charge in [-0.2, -0.15) is 4.98 Å². The number of halogens is 1. The lowest BCUT2D eigenvalue weighted by atomic mass is 10.0. The molecule has 1 aromatic carbocycles. The van der Waals surface area contributed by atoms with E-state index < -0.39 is 6.10 Å². The maximum atomic E-state index is 12.9. The van der Waals surface area contributed by atoms with Gasteiger partial charge >= 0.3 is 0 Å². The van der Waals surface area contributed by atoms with Crippen LogP contribution in [0.3, 0.4) is 0 Å². The summed E-state index contributed by atoms with van der Waals surface area (Å²) >= 11 is 0. The minimum absolute atomic E-state index is 0.111. The van der Waals surface area contributed by atoms with E-state index >= 15 is 0 Å². The van der Waals surface area contributed by atoms with E-state index in [1.54, 1.807) is 18.3 Å². The van der Waals surface area contributed by atoms with Gasteiger partial charge in [-0.1, -0.05) is 19.0 Å². The number of pyridine rings is 1. The molecule has 0 aliphatic rings. The molecule has 3 rings (SSSR count). The highest BCUT2D eigenvalue weighted by Crippen LogP contribution is 2.22. The number of nitrogens with zero attached hydrogens (tertiary/aromatic N) is 3. The maximum absolute atomic E-state index is 12.9. The first kappa shape index (κ1) is 17.0. The predicted molar refractivity (Wildman–Crippen MR) is 88.6 cm³/mol. The second-order valence-corrected chi connectivity index (χ2v) is 5.97. The van der Waals surface area contributed by atoms with E-state index in [0.29, 0.717) is 35.3 Å². The van der Waals surface area contributed by atoms with Gasteiger partial charge in [-0.25, -0.2) is 9.37 Å². The van der Waals surface area contributed by atoms with Crippen LogP contribution in [0, 0.1) is 11.7 Å². The van der Waals surface area contributed by atoms with Crippen LogP contribution in [-0.4, -0.2) is 26.3 Å². The summed E-state index contributed by atoms with van der Waals surface area (Å²) in [6.07, 6.45) is 1.34. The Balaban J connectivity index is 1.68. The van der Waals surface area contributed by atoms with Crippen molar-refractivity contribution in [2.75, 3.05) is 0 Å². The van der Waals surface area contributed by atoms with Gasteiger partial charge in [0.25, 0.3) is 0 Å². The highest BCUT2D eigenvalue weighted by molar-refractivity contribution is 5.53. The van der Waals surface area contributed by atoms with Crippen LogP contribution in [0.25, 0.3) is 11.4 Å². The van der Waals surface area contributed by atoms with Crippen LogP contribution in [0.1, 0.15) is 19.7 Å². The van der Waals surface area contributed by atoms with Gasteiger partial charge in [-0.3, -0.25) is 0 Å². The monoisotopic (exact) mass is 343 g/mol. The molecule has 0 aliphatic carbocycles. The molecule has 6 nitrogen and oxygen atoms in total. The van der Waals surface area contributed by atoms with Gasteiger partial charge in [0.1, 0.15) is 11.6 Å². The van der Waals surface area contributed by atoms with Crippen molar-refractivity contribution in [3.05, 3.63) is 54.3 Å². The number of aliphatic hydroxyl groups excluding tert-OH is 1.